The SMILES string of the molecule is NC1(C(=O)Nc2ccc(Br)c(Cl)c2)CCOC1. The van der Waals surface area contributed by atoms with E-state index < -0.39 is 5.54 Å². The predicted molar refractivity (Wildman–Crippen MR) is 70.1 cm³/mol. The summed E-state index contributed by atoms with van der Waals surface area (Å²) in [5.74, 6) is -0.242. The lowest BCUT2D eigenvalue weighted by Crippen LogP contribution is -2.51. The maximum absolute atomic E-state index is 12.0. The normalized spacial score (nSPS) is 23.7. The molecule has 3 N–H and O–H groups in total. The van der Waals surface area contributed by atoms with Crippen molar-refractivity contribution in [2.24, 2.45) is 5.73 Å². The zero-order valence-electron chi connectivity index (χ0n) is 9.00. The summed E-state index contributed by atoms with van der Waals surface area (Å²) in [4.78, 5) is 12.0. The third-order valence-corrected chi connectivity index (χ3v) is 3.91. The smallest absolute Gasteiger partial charge is 0.246 e. The maximum Gasteiger partial charge on any atom is 0.246 e. The number of amides is 1. The molecule has 1 aliphatic rings. The molecule has 6 heteroatoms. The number of nitrogens with two attached hydrogens (primary N) is 1. The number of carbonyl (C=O) groups excluding carboxylic acids is 1. The third-order valence-electron chi connectivity index (χ3n) is 2.68. The van der Waals surface area contributed by atoms with Gasteiger partial charge in [0.15, 0.2) is 0 Å². The molecule has 0 aromatic heterocycles. The first kappa shape index (κ1) is 12.8. The van der Waals surface area contributed by atoms with E-state index in [0.29, 0.717) is 23.7 Å². The topological polar surface area (TPSA) is 64.4 Å². The van der Waals surface area contributed by atoms with Crippen LogP contribution in [0.4, 0.5) is 5.69 Å². The van der Waals surface area contributed by atoms with Gasteiger partial charge in [0, 0.05) is 16.8 Å². The summed E-state index contributed by atoms with van der Waals surface area (Å²) in [5, 5.41) is 3.28. The van der Waals surface area contributed by atoms with Crippen LogP contribution in [0.3, 0.4) is 0 Å². The summed E-state index contributed by atoms with van der Waals surface area (Å²) in [6, 6.07) is 5.20. The molecule has 1 unspecified atom stereocenters. The fourth-order valence-corrected chi connectivity index (χ4v) is 2.02. The lowest BCUT2D eigenvalue weighted by Gasteiger charge is -2.20. The Morgan fingerprint density at radius 3 is 2.94 bits per heavy atom. The van der Waals surface area contributed by atoms with Crippen molar-refractivity contribution in [2.45, 2.75) is 12.0 Å². The minimum absolute atomic E-state index is 0.242. The second-order valence-corrected chi connectivity index (χ2v) is 5.30. The minimum atomic E-state index is -0.931. The van der Waals surface area contributed by atoms with Crippen molar-refractivity contribution in [2.75, 3.05) is 18.5 Å². The summed E-state index contributed by atoms with van der Waals surface area (Å²) in [5.41, 5.74) is 5.63. The Morgan fingerprint density at radius 1 is 1.59 bits per heavy atom. The van der Waals surface area contributed by atoms with E-state index in [-0.39, 0.29) is 12.5 Å². The van der Waals surface area contributed by atoms with Gasteiger partial charge in [-0.2, -0.15) is 0 Å². The monoisotopic (exact) mass is 318 g/mol. The molecular formula is C11H12BrClN2O2. The van der Waals surface area contributed by atoms with Crippen LogP contribution in [0.1, 0.15) is 6.42 Å². The molecular weight excluding hydrogens is 307 g/mol. The summed E-state index contributed by atoms with van der Waals surface area (Å²) < 4.78 is 5.92. The molecule has 0 radical (unpaired) electrons. The Labute approximate surface area is 113 Å². The highest BCUT2D eigenvalue weighted by atomic mass is 79.9. The number of benzene rings is 1. The van der Waals surface area contributed by atoms with Gasteiger partial charge in [-0.15, -0.1) is 0 Å². The second kappa shape index (κ2) is 4.94. The van der Waals surface area contributed by atoms with Crippen molar-refractivity contribution in [1.29, 1.82) is 0 Å². The average Bonchev–Trinajstić information content (AvgIpc) is 2.72. The van der Waals surface area contributed by atoms with Crippen molar-refractivity contribution in [3.05, 3.63) is 27.7 Å². The number of anilines is 1. The van der Waals surface area contributed by atoms with Gasteiger partial charge in [0.2, 0.25) is 5.91 Å². The van der Waals surface area contributed by atoms with Gasteiger partial charge in [-0.05, 0) is 40.5 Å². The largest absolute Gasteiger partial charge is 0.379 e. The van der Waals surface area contributed by atoms with Crippen LogP contribution in [-0.4, -0.2) is 24.7 Å². The van der Waals surface area contributed by atoms with Gasteiger partial charge in [0.05, 0.1) is 11.6 Å². The van der Waals surface area contributed by atoms with Gasteiger partial charge in [-0.3, -0.25) is 4.79 Å². The Balaban J connectivity index is 2.10. The highest BCUT2D eigenvalue weighted by Crippen LogP contribution is 2.26. The van der Waals surface area contributed by atoms with E-state index in [9.17, 15) is 4.79 Å². The number of nitrogens with one attached hydrogen (secondary N) is 1. The standard InChI is InChI=1S/C11H12BrClN2O2/c12-8-2-1-7(5-9(8)13)15-10(16)11(14)3-4-17-6-11/h1-2,5H,3-4,6,14H2,(H,15,16). The van der Waals surface area contributed by atoms with Crippen LogP contribution in [0, 0.1) is 0 Å². The van der Waals surface area contributed by atoms with Crippen molar-refractivity contribution in [3.8, 4) is 0 Å². The van der Waals surface area contributed by atoms with E-state index in [4.69, 9.17) is 22.1 Å². The molecule has 0 bridgehead atoms. The predicted octanol–water partition coefficient (Wildman–Crippen LogP) is 2.16. The zero-order chi connectivity index (χ0) is 12.5. The van der Waals surface area contributed by atoms with Crippen LogP contribution in [0.2, 0.25) is 5.02 Å². The summed E-state index contributed by atoms with van der Waals surface area (Å²) in [7, 11) is 0. The van der Waals surface area contributed by atoms with Crippen LogP contribution in [0.25, 0.3) is 0 Å². The molecule has 1 aliphatic heterocycles. The Morgan fingerprint density at radius 2 is 2.35 bits per heavy atom. The molecule has 0 spiro atoms. The van der Waals surface area contributed by atoms with Gasteiger partial charge < -0.3 is 15.8 Å². The van der Waals surface area contributed by atoms with E-state index in [1.165, 1.54) is 0 Å². The number of hydrogen-bond donors (Lipinski definition) is 2. The Bertz CT molecular complexity index is 447. The molecule has 1 aromatic carbocycles. The number of carbonyl (C=O) groups is 1. The van der Waals surface area contributed by atoms with E-state index in [1.54, 1.807) is 18.2 Å². The van der Waals surface area contributed by atoms with Crippen LogP contribution < -0.4 is 11.1 Å². The maximum atomic E-state index is 12.0. The highest BCUT2D eigenvalue weighted by Gasteiger charge is 2.38. The Kier molecular flexibility index (Phi) is 3.73. The molecule has 92 valence electrons. The molecule has 1 saturated heterocycles. The quantitative estimate of drug-likeness (QED) is 0.878. The first-order valence-electron chi connectivity index (χ1n) is 5.14. The molecule has 0 aliphatic carbocycles. The lowest BCUT2D eigenvalue weighted by molar-refractivity contribution is -0.121. The van der Waals surface area contributed by atoms with Crippen LogP contribution in [-0.2, 0) is 9.53 Å². The molecule has 0 saturated carbocycles. The van der Waals surface area contributed by atoms with E-state index >= 15 is 0 Å². The molecule has 1 atom stereocenters. The van der Waals surface area contributed by atoms with E-state index in [0.717, 1.165) is 4.47 Å². The zero-order valence-corrected chi connectivity index (χ0v) is 11.3. The third kappa shape index (κ3) is 2.80. The van der Waals surface area contributed by atoms with Crippen LogP contribution in [0.15, 0.2) is 22.7 Å². The second-order valence-electron chi connectivity index (χ2n) is 4.04. The van der Waals surface area contributed by atoms with E-state index in [2.05, 4.69) is 21.2 Å². The fraction of sp³-hybridized carbons (Fsp3) is 0.364. The fourth-order valence-electron chi connectivity index (χ4n) is 1.59. The van der Waals surface area contributed by atoms with Gasteiger partial charge in [0.1, 0.15) is 5.54 Å². The highest BCUT2D eigenvalue weighted by molar-refractivity contribution is 9.10. The van der Waals surface area contributed by atoms with Crippen molar-refractivity contribution < 1.29 is 9.53 Å². The molecule has 1 amide bonds. The van der Waals surface area contributed by atoms with Crippen molar-refractivity contribution in [3.63, 3.8) is 0 Å². The molecule has 2 rings (SSSR count). The first-order valence-corrected chi connectivity index (χ1v) is 6.31. The summed E-state index contributed by atoms with van der Waals surface area (Å²) >= 11 is 9.22. The van der Waals surface area contributed by atoms with Crippen molar-refractivity contribution >= 4 is 39.1 Å². The van der Waals surface area contributed by atoms with Gasteiger partial charge in [-0.25, -0.2) is 0 Å². The van der Waals surface area contributed by atoms with E-state index in [1.807, 2.05) is 0 Å². The molecule has 17 heavy (non-hydrogen) atoms. The Hall–Kier alpha value is -0.620. The van der Waals surface area contributed by atoms with Crippen LogP contribution in [0.5, 0.6) is 0 Å². The van der Waals surface area contributed by atoms with Gasteiger partial charge in [0.25, 0.3) is 0 Å². The average molecular weight is 320 g/mol. The summed E-state index contributed by atoms with van der Waals surface area (Å²) in [6.07, 6.45) is 0.531. The number of rotatable bonds is 2. The molecule has 1 aromatic rings. The minimum Gasteiger partial charge on any atom is -0.379 e. The van der Waals surface area contributed by atoms with Crippen molar-refractivity contribution in [1.82, 2.24) is 0 Å². The van der Waals surface area contributed by atoms with Gasteiger partial charge in [-0.1, -0.05) is 11.6 Å². The summed E-state index contributed by atoms with van der Waals surface area (Å²) in [6.45, 7) is 0.772. The van der Waals surface area contributed by atoms with Gasteiger partial charge >= 0.3 is 0 Å². The number of ether oxygens (including phenoxy) is 1. The molecule has 1 fully saturated rings. The lowest BCUT2D eigenvalue weighted by atomic mass is 9.99. The molecule has 1 heterocycles. The number of halogens is 2. The number of hydrogen-bond acceptors (Lipinski definition) is 3. The first-order chi connectivity index (χ1) is 8.01. The molecule has 4 nitrogen and oxygen atoms in total. The van der Waals surface area contributed by atoms with Crippen LogP contribution >= 0.6 is 27.5 Å².